The lowest BCUT2D eigenvalue weighted by Gasteiger charge is -2.37. The smallest absolute Gasteiger partial charge is 0.0915 e. The Hall–Kier alpha value is -0.120. The summed E-state index contributed by atoms with van der Waals surface area (Å²) in [5, 5.41) is 9.27. The first-order valence-electron chi connectivity index (χ1n) is 5.49. The van der Waals surface area contributed by atoms with Gasteiger partial charge in [0.25, 0.3) is 0 Å². The molecular formula is C11H22O3. The minimum atomic E-state index is -0.241. The summed E-state index contributed by atoms with van der Waals surface area (Å²) in [6.45, 7) is 3.31. The van der Waals surface area contributed by atoms with Crippen LogP contribution in [0.1, 0.15) is 39.0 Å². The number of hydrogen-bond donors (Lipinski definition) is 1. The van der Waals surface area contributed by atoms with Crippen molar-refractivity contribution in [3.8, 4) is 0 Å². The number of hydrogen-bond acceptors (Lipinski definition) is 3. The monoisotopic (exact) mass is 202 g/mol. The van der Waals surface area contributed by atoms with E-state index in [-0.39, 0.29) is 11.7 Å². The van der Waals surface area contributed by atoms with Crippen molar-refractivity contribution >= 4 is 0 Å². The van der Waals surface area contributed by atoms with Crippen molar-refractivity contribution in [2.45, 2.75) is 50.7 Å². The number of methoxy groups -OCH3 is 1. The molecule has 1 N–H and O–H groups in total. The van der Waals surface area contributed by atoms with Gasteiger partial charge in [0.2, 0.25) is 0 Å². The molecule has 2 atom stereocenters. The fraction of sp³-hybridized carbons (Fsp3) is 1.00. The predicted molar refractivity (Wildman–Crippen MR) is 55.3 cm³/mol. The third-order valence-electron chi connectivity index (χ3n) is 2.86. The van der Waals surface area contributed by atoms with Gasteiger partial charge in [-0.1, -0.05) is 0 Å². The molecule has 1 fully saturated rings. The molecule has 0 aromatic carbocycles. The second-order valence-electron chi connectivity index (χ2n) is 4.31. The molecule has 0 spiro atoms. The largest absolute Gasteiger partial charge is 0.393 e. The molecule has 0 aliphatic carbocycles. The van der Waals surface area contributed by atoms with Crippen molar-refractivity contribution in [2.24, 2.45) is 0 Å². The summed E-state index contributed by atoms with van der Waals surface area (Å²) in [6, 6.07) is 0. The molecule has 1 saturated heterocycles. The normalized spacial score (nSPS) is 30.2. The molecule has 3 heteroatoms. The highest BCUT2D eigenvalue weighted by Gasteiger charge is 2.33. The number of ether oxygens (including phenoxy) is 2. The fourth-order valence-electron chi connectivity index (χ4n) is 2.03. The van der Waals surface area contributed by atoms with E-state index in [4.69, 9.17) is 9.47 Å². The third kappa shape index (κ3) is 3.56. The summed E-state index contributed by atoms with van der Waals surface area (Å²) >= 11 is 0. The molecule has 0 aromatic rings. The highest BCUT2D eigenvalue weighted by molar-refractivity contribution is 4.83. The molecule has 0 radical (unpaired) electrons. The molecule has 3 nitrogen and oxygen atoms in total. The maximum Gasteiger partial charge on any atom is 0.0915 e. The SMILES string of the molecule is COCC1(CC[C@H](C)O)CCCCO1. The van der Waals surface area contributed by atoms with E-state index in [1.54, 1.807) is 7.11 Å². The molecular weight excluding hydrogens is 180 g/mol. The van der Waals surface area contributed by atoms with Gasteiger partial charge in [0.15, 0.2) is 0 Å². The van der Waals surface area contributed by atoms with E-state index in [9.17, 15) is 5.11 Å². The Labute approximate surface area is 86.4 Å². The molecule has 1 heterocycles. The van der Waals surface area contributed by atoms with E-state index >= 15 is 0 Å². The molecule has 1 aliphatic heterocycles. The van der Waals surface area contributed by atoms with Gasteiger partial charge in [-0.25, -0.2) is 0 Å². The first-order chi connectivity index (χ1) is 6.68. The molecule has 0 amide bonds. The highest BCUT2D eigenvalue weighted by Crippen LogP contribution is 2.30. The Morgan fingerprint density at radius 1 is 1.50 bits per heavy atom. The Kier molecular flexibility index (Phi) is 4.85. The van der Waals surface area contributed by atoms with E-state index in [0.29, 0.717) is 6.61 Å². The molecule has 14 heavy (non-hydrogen) atoms. The Morgan fingerprint density at radius 3 is 2.79 bits per heavy atom. The maximum atomic E-state index is 9.27. The molecule has 1 rings (SSSR count). The van der Waals surface area contributed by atoms with Gasteiger partial charge in [0.1, 0.15) is 0 Å². The van der Waals surface area contributed by atoms with E-state index < -0.39 is 0 Å². The minimum absolute atomic E-state index is 0.121. The lowest BCUT2D eigenvalue weighted by atomic mass is 9.89. The zero-order valence-electron chi connectivity index (χ0n) is 9.29. The fourth-order valence-corrected chi connectivity index (χ4v) is 2.03. The second kappa shape index (κ2) is 5.69. The van der Waals surface area contributed by atoms with Gasteiger partial charge in [-0.3, -0.25) is 0 Å². The van der Waals surface area contributed by atoms with E-state index in [2.05, 4.69) is 0 Å². The third-order valence-corrected chi connectivity index (χ3v) is 2.86. The van der Waals surface area contributed by atoms with Gasteiger partial charge in [-0.15, -0.1) is 0 Å². The Bertz CT molecular complexity index is 145. The molecule has 0 aromatic heterocycles. The van der Waals surface area contributed by atoms with Crippen LogP contribution in [-0.2, 0) is 9.47 Å². The van der Waals surface area contributed by atoms with Crippen LogP contribution in [0.5, 0.6) is 0 Å². The zero-order chi connectivity index (χ0) is 10.4. The molecule has 0 bridgehead atoms. The summed E-state index contributed by atoms with van der Waals surface area (Å²) in [5.74, 6) is 0. The van der Waals surface area contributed by atoms with Crippen molar-refractivity contribution in [2.75, 3.05) is 20.3 Å². The van der Waals surface area contributed by atoms with Gasteiger partial charge in [-0.05, 0) is 39.0 Å². The van der Waals surface area contributed by atoms with Crippen LogP contribution in [0.25, 0.3) is 0 Å². The second-order valence-corrected chi connectivity index (χ2v) is 4.31. The number of aliphatic hydroxyl groups is 1. The van der Waals surface area contributed by atoms with Crippen molar-refractivity contribution in [1.29, 1.82) is 0 Å². The highest BCUT2D eigenvalue weighted by atomic mass is 16.5. The number of rotatable bonds is 5. The Morgan fingerprint density at radius 2 is 2.29 bits per heavy atom. The lowest BCUT2D eigenvalue weighted by Crippen LogP contribution is -2.41. The average Bonchev–Trinajstić information content (AvgIpc) is 2.17. The van der Waals surface area contributed by atoms with Crippen molar-refractivity contribution in [1.82, 2.24) is 0 Å². The summed E-state index contributed by atoms with van der Waals surface area (Å²) in [4.78, 5) is 0. The first-order valence-corrected chi connectivity index (χ1v) is 5.49. The van der Waals surface area contributed by atoms with E-state index in [0.717, 1.165) is 32.3 Å². The summed E-state index contributed by atoms with van der Waals surface area (Å²) in [6.07, 6.45) is 4.88. The average molecular weight is 202 g/mol. The van der Waals surface area contributed by atoms with Crippen LogP contribution in [0, 0.1) is 0 Å². The molecule has 84 valence electrons. The van der Waals surface area contributed by atoms with Crippen LogP contribution in [0.4, 0.5) is 0 Å². The predicted octanol–water partition coefficient (Wildman–Crippen LogP) is 1.73. The summed E-state index contributed by atoms with van der Waals surface area (Å²) in [7, 11) is 1.71. The van der Waals surface area contributed by atoms with Crippen LogP contribution in [0.3, 0.4) is 0 Å². The van der Waals surface area contributed by atoms with Crippen molar-refractivity contribution in [3.63, 3.8) is 0 Å². The van der Waals surface area contributed by atoms with Crippen LogP contribution in [0.15, 0.2) is 0 Å². The van der Waals surface area contributed by atoms with Gasteiger partial charge >= 0.3 is 0 Å². The van der Waals surface area contributed by atoms with E-state index in [1.807, 2.05) is 6.92 Å². The maximum absolute atomic E-state index is 9.27. The molecule has 0 saturated carbocycles. The van der Waals surface area contributed by atoms with Crippen LogP contribution in [0.2, 0.25) is 0 Å². The summed E-state index contributed by atoms with van der Waals surface area (Å²) in [5.41, 5.74) is -0.121. The standard InChI is InChI=1S/C11H22O3/c1-10(12)5-7-11(9-13-2)6-3-4-8-14-11/h10,12H,3-9H2,1-2H3/t10-,11?/m0/s1. The quantitative estimate of drug-likeness (QED) is 0.738. The van der Waals surface area contributed by atoms with Crippen LogP contribution in [-0.4, -0.2) is 37.1 Å². The van der Waals surface area contributed by atoms with Crippen LogP contribution < -0.4 is 0 Å². The minimum Gasteiger partial charge on any atom is -0.393 e. The summed E-state index contributed by atoms with van der Waals surface area (Å²) < 4.78 is 11.0. The van der Waals surface area contributed by atoms with Gasteiger partial charge in [0, 0.05) is 13.7 Å². The van der Waals surface area contributed by atoms with Gasteiger partial charge in [-0.2, -0.15) is 0 Å². The number of aliphatic hydroxyl groups excluding tert-OH is 1. The van der Waals surface area contributed by atoms with Crippen LogP contribution >= 0.6 is 0 Å². The topological polar surface area (TPSA) is 38.7 Å². The van der Waals surface area contributed by atoms with Crippen molar-refractivity contribution < 1.29 is 14.6 Å². The zero-order valence-corrected chi connectivity index (χ0v) is 9.29. The molecule has 1 aliphatic rings. The van der Waals surface area contributed by atoms with Crippen molar-refractivity contribution in [3.05, 3.63) is 0 Å². The van der Waals surface area contributed by atoms with Gasteiger partial charge in [0.05, 0.1) is 18.3 Å². The lowest BCUT2D eigenvalue weighted by molar-refractivity contribution is -0.123. The van der Waals surface area contributed by atoms with E-state index in [1.165, 1.54) is 6.42 Å². The first kappa shape index (κ1) is 12.0. The molecule has 1 unspecified atom stereocenters. The van der Waals surface area contributed by atoms with Gasteiger partial charge < -0.3 is 14.6 Å². The Balaban J connectivity index is 2.42.